The summed E-state index contributed by atoms with van der Waals surface area (Å²) in [5.74, 6) is 0. The molecule has 3 heteroatoms. The molecule has 19 heavy (non-hydrogen) atoms. The van der Waals surface area contributed by atoms with Gasteiger partial charge in [-0.15, -0.1) is 17.9 Å². The van der Waals surface area contributed by atoms with E-state index in [2.05, 4.69) is 36.8 Å². The summed E-state index contributed by atoms with van der Waals surface area (Å²) < 4.78 is 0. The lowest BCUT2D eigenvalue weighted by Crippen LogP contribution is -2.19. The molecule has 0 saturated heterocycles. The molecule has 1 N–H and O–H groups in total. The van der Waals surface area contributed by atoms with E-state index in [1.807, 2.05) is 17.4 Å². The van der Waals surface area contributed by atoms with Crippen molar-refractivity contribution < 1.29 is 0 Å². The van der Waals surface area contributed by atoms with Crippen molar-refractivity contribution >= 4 is 11.3 Å². The van der Waals surface area contributed by atoms with Crippen LogP contribution in [0.3, 0.4) is 0 Å². The van der Waals surface area contributed by atoms with Crippen LogP contribution in [0.5, 0.6) is 0 Å². The minimum absolute atomic E-state index is 0.799. The van der Waals surface area contributed by atoms with Crippen LogP contribution in [0.1, 0.15) is 41.0 Å². The fourth-order valence-electron chi connectivity index (χ4n) is 2.24. The van der Waals surface area contributed by atoms with Gasteiger partial charge in [0.1, 0.15) is 0 Å². The first kappa shape index (κ1) is 14.8. The fraction of sp³-hybridized carbons (Fsp3) is 0.625. The van der Waals surface area contributed by atoms with Crippen LogP contribution < -0.4 is 5.32 Å². The Labute approximate surface area is 121 Å². The summed E-state index contributed by atoms with van der Waals surface area (Å²) in [5.41, 5.74) is 1.50. The second-order valence-corrected chi connectivity index (χ2v) is 6.96. The Morgan fingerprint density at radius 2 is 2.32 bits per heavy atom. The van der Waals surface area contributed by atoms with Gasteiger partial charge in [0.25, 0.3) is 0 Å². The predicted octanol–water partition coefficient (Wildman–Crippen LogP) is 3.71. The number of aryl methyl sites for hydroxylation is 1. The van der Waals surface area contributed by atoms with Crippen molar-refractivity contribution in [2.75, 3.05) is 13.6 Å². The molecule has 0 amide bonds. The lowest BCUT2D eigenvalue weighted by molar-refractivity contribution is 0.323. The molecule has 1 aromatic heterocycles. The van der Waals surface area contributed by atoms with Gasteiger partial charge in [0.15, 0.2) is 0 Å². The van der Waals surface area contributed by atoms with E-state index in [9.17, 15) is 0 Å². The molecule has 1 aromatic rings. The maximum Gasteiger partial charge on any atom is 0.0302 e. The number of thiophene rings is 1. The standard InChI is InChI=1S/C16H26N2S/c1-4-5-6-9-18(3)12-14-10-16(19-13(14)2)11-17-15-7-8-15/h4,10,15,17H,1,5-9,11-12H2,2-3H3. The predicted molar refractivity (Wildman–Crippen MR) is 84.7 cm³/mol. The molecule has 0 bridgehead atoms. The van der Waals surface area contributed by atoms with E-state index in [1.54, 1.807) is 0 Å². The highest BCUT2D eigenvalue weighted by Gasteiger charge is 2.20. The zero-order chi connectivity index (χ0) is 13.7. The minimum atomic E-state index is 0.799. The van der Waals surface area contributed by atoms with Crippen LogP contribution in [0.25, 0.3) is 0 Å². The number of nitrogens with one attached hydrogen (secondary N) is 1. The van der Waals surface area contributed by atoms with Gasteiger partial charge in [-0.1, -0.05) is 6.08 Å². The first-order valence-corrected chi connectivity index (χ1v) is 8.11. The van der Waals surface area contributed by atoms with Gasteiger partial charge in [0.05, 0.1) is 0 Å². The lowest BCUT2D eigenvalue weighted by atomic mass is 10.2. The van der Waals surface area contributed by atoms with Gasteiger partial charge in [-0.05, 0) is 57.8 Å². The molecule has 1 aliphatic rings. The smallest absolute Gasteiger partial charge is 0.0302 e. The molecule has 2 nitrogen and oxygen atoms in total. The normalized spacial score (nSPS) is 15.1. The van der Waals surface area contributed by atoms with Gasteiger partial charge in [-0.2, -0.15) is 0 Å². The van der Waals surface area contributed by atoms with E-state index in [4.69, 9.17) is 0 Å². The van der Waals surface area contributed by atoms with Crippen molar-refractivity contribution in [1.82, 2.24) is 10.2 Å². The van der Waals surface area contributed by atoms with Crippen molar-refractivity contribution in [2.24, 2.45) is 0 Å². The quantitative estimate of drug-likeness (QED) is 0.547. The van der Waals surface area contributed by atoms with Crippen LogP contribution in [0.4, 0.5) is 0 Å². The number of rotatable bonds is 9. The van der Waals surface area contributed by atoms with Crippen LogP contribution in [-0.4, -0.2) is 24.5 Å². The molecule has 1 fully saturated rings. The van der Waals surface area contributed by atoms with E-state index in [0.717, 1.165) is 32.1 Å². The van der Waals surface area contributed by atoms with Gasteiger partial charge < -0.3 is 10.2 Å². The summed E-state index contributed by atoms with van der Waals surface area (Å²) in [7, 11) is 2.21. The lowest BCUT2D eigenvalue weighted by Gasteiger charge is -2.15. The van der Waals surface area contributed by atoms with E-state index in [0.29, 0.717) is 0 Å². The van der Waals surface area contributed by atoms with Crippen LogP contribution in [-0.2, 0) is 13.1 Å². The third kappa shape index (κ3) is 5.09. The first-order valence-electron chi connectivity index (χ1n) is 7.30. The van der Waals surface area contributed by atoms with Crippen molar-refractivity contribution in [3.8, 4) is 0 Å². The molecule has 1 heterocycles. The molecule has 0 radical (unpaired) electrons. The Morgan fingerprint density at radius 3 is 3.00 bits per heavy atom. The van der Waals surface area contributed by atoms with E-state index in [1.165, 1.54) is 34.6 Å². The van der Waals surface area contributed by atoms with Crippen LogP contribution in [0, 0.1) is 6.92 Å². The van der Waals surface area contributed by atoms with Crippen molar-refractivity contribution in [2.45, 2.75) is 51.7 Å². The number of nitrogens with zero attached hydrogens (tertiary/aromatic N) is 1. The average molecular weight is 278 g/mol. The highest BCUT2D eigenvalue weighted by molar-refractivity contribution is 7.12. The van der Waals surface area contributed by atoms with Crippen LogP contribution in [0.2, 0.25) is 0 Å². The van der Waals surface area contributed by atoms with Crippen molar-refractivity contribution in [3.05, 3.63) is 34.0 Å². The maximum atomic E-state index is 3.77. The topological polar surface area (TPSA) is 15.3 Å². The van der Waals surface area contributed by atoms with Crippen LogP contribution >= 0.6 is 11.3 Å². The molecular formula is C16H26N2S. The Bertz CT molecular complexity index is 407. The number of hydrogen-bond donors (Lipinski definition) is 1. The molecule has 0 atom stereocenters. The summed E-state index contributed by atoms with van der Waals surface area (Å²) in [4.78, 5) is 5.37. The number of hydrogen-bond acceptors (Lipinski definition) is 3. The van der Waals surface area contributed by atoms with Crippen molar-refractivity contribution in [3.63, 3.8) is 0 Å². The molecule has 1 aliphatic carbocycles. The maximum absolute atomic E-state index is 3.77. The average Bonchev–Trinajstić information content (AvgIpc) is 3.13. The van der Waals surface area contributed by atoms with Gasteiger partial charge >= 0.3 is 0 Å². The molecule has 106 valence electrons. The third-order valence-electron chi connectivity index (χ3n) is 3.60. The van der Waals surface area contributed by atoms with Gasteiger partial charge in [-0.25, -0.2) is 0 Å². The molecule has 0 aromatic carbocycles. The van der Waals surface area contributed by atoms with Gasteiger partial charge in [0, 0.05) is 28.9 Å². The Kier molecular flexibility index (Phi) is 5.61. The molecule has 2 rings (SSSR count). The molecular weight excluding hydrogens is 252 g/mol. The number of allylic oxidation sites excluding steroid dienone is 1. The summed E-state index contributed by atoms with van der Waals surface area (Å²) in [6, 6.07) is 3.19. The Hall–Kier alpha value is -0.640. The third-order valence-corrected chi connectivity index (χ3v) is 4.70. The van der Waals surface area contributed by atoms with Crippen LogP contribution in [0.15, 0.2) is 18.7 Å². The molecule has 1 saturated carbocycles. The van der Waals surface area contributed by atoms with Gasteiger partial charge in [0.2, 0.25) is 0 Å². The Balaban J connectivity index is 1.79. The molecule has 0 unspecified atom stereocenters. The zero-order valence-electron chi connectivity index (χ0n) is 12.2. The first-order chi connectivity index (χ1) is 9.19. The highest BCUT2D eigenvalue weighted by Crippen LogP contribution is 2.25. The van der Waals surface area contributed by atoms with E-state index < -0.39 is 0 Å². The summed E-state index contributed by atoms with van der Waals surface area (Å²) >= 11 is 1.95. The summed E-state index contributed by atoms with van der Waals surface area (Å²) in [6.45, 7) is 9.30. The number of unbranched alkanes of at least 4 members (excludes halogenated alkanes) is 1. The van der Waals surface area contributed by atoms with E-state index in [-0.39, 0.29) is 0 Å². The second-order valence-electron chi connectivity index (χ2n) is 5.62. The monoisotopic (exact) mass is 278 g/mol. The van der Waals surface area contributed by atoms with Crippen molar-refractivity contribution in [1.29, 1.82) is 0 Å². The minimum Gasteiger partial charge on any atom is -0.309 e. The Morgan fingerprint density at radius 1 is 1.53 bits per heavy atom. The molecule has 0 spiro atoms. The largest absolute Gasteiger partial charge is 0.309 e. The second kappa shape index (κ2) is 7.22. The van der Waals surface area contributed by atoms with E-state index >= 15 is 0 Å². The zero-order valence-corrected chi connectivity index (χ0v) is 13.1. The highest BCUT2D eigenvalue weighted by atomic mass is 32.1. The summed E-state index contributed by atoms with van der Waals surface area (Å²) in [6.07, 6.45) is 7.06. The fourth-order valence-corrected chi connectivity index (χ4v) is 3.24. The van der Waals surface area contributed by atoms with Gasteiger partial charge in [-0.3, -0.25) is 0 Å². The molecule has 0 aliphatic heterocycles. The SMILES string of the molecule is C=CCCCN(C)Cc1cc(CNC2CC2)sc1C. The summed E-state index contributed by atoms with van der Waals surface area (Å²) in [5, 5.41) is 3.59.